The second-order valence-electron chi connectivity index (χ2n) is 5.65. The summed E-state index contributed by atoms with van der Waals surface area (Å²) in [6, 6.07) is 1.56. The van der Waals surface area contributed by atoms with E-state index in [9.17, 15) is 4.79 Å². The molecule has 1 amide bonds. The fraction of sp³-hybridized carbons (Fsp3) is 0.714. The predicted octanol–water partition coefficient (Wildman–Crippen LogP) is 2.11. The topological polar surface area (TPSA) is 54.0 Å². The van der Waals surface area contributed by atoms with Crippen LogP contribution in [0.5, 0.6) is 0 Å². The van der Waals surface area contributed by atoms with E-state index in [1.165, 1.54) is 24.2 Å². The lowest BCUT2D eigenvalue weighted by Crippen LogP contribution is -2.47. The molecule has 0 spiro atoms. The molecule has 2 saturated heterocycles. The number of carbonyl (C=O) groups excluding carboxylic acids is 1. The van der Waals surface area contributed by atoms with Crippen LogP contribution in [0.25, 0.3) is 0 Å². The molecule has 5 heteroatoms. The van der Waals surface area contributed by atoms with Crippen molar-refractivity contribution in [3.05, 3.63) is 16.1 Å². The van der Waals surface area contributed by atoms with Gasteiger partial charge in [0.05, 0.1) is 11.2 Å². The SMILES string of the molecule is CCCc1ncc(C(=O)NC2CC3CCC(C2)N3)s1. The van der Waals surface area contributed by atoms with Gasteiger partial charge in [-0.2, -0.15) is 0 Å². The summed E-state index contributed by atoms with van der Waals surface area (Å²) < 4.78 is 0. The van der Waals surface area contributed by atoms with E-state index in [1.807, 2.05) is 0 Å². The number of amides is 1. The molecule has 3 rings (SSSR count). The minimum absolute atomic E-state index is 0.0613. The molecule has 0 saturated carbocycles. The van der Waals surface area contributed by atoms with Gasteiger partial charge in [0.15, 0.2) is 0 Å². The van der Waals surface area contributed by atoms with Crippen molar-refractivity contribution in [1.82, 2.24) is 15.6 Å². The molecule has 2 fully saturated rings. The third-order valence-corrected chi connectivity index (χ3v) is 5.11. The molecule has 0 aliphatic carbocycles. The Hall–Kier alpha value is -0.940. The first kappa shape index (κ1) is 13.1. The first-order chi connectivity index (χ1) is 9.24. The molecule has 2 bridgehead atoms. The fourth-order valence-corrected chi connectivity index (χ4v) is 4.10. The highest BCUT2D eigenvalue weighted by Gasteiger charge is 2.34. The molecule has 2 unspecified atom stereocenters. The molecule has 3 heterocycles. The van der Waals surface area contributed by atoms with E-state index in [0.29, 0.717) is 18.1 Å². The molecule has 4 nitrogen and oxygen atoms in total. The van der Waals surface area contributed by atoms with Crippen LogP contribution in [0.1, 0.15) is 53.7 Å². The Balaban J connectivity index is 1.58. The zero-order valence-electron chi connectivity index (χ0n) is 11.3. The van der Waals surface area contributed by atoms with E-state index in [1.54, 1.807) is 6.20 Å². The first-order valence-corrected chi connectivity index (χ1v) is 8.08. The van der Waals surface area contributed by atoms with Crippen LogP contribution in [-0.2, 0) is 6.42 Å². The molecule has 2 atom stereocenters. The van der Waals surface area contributed by atoms with Gasteiger partial charge in [0, 0.05) is 18.1 Å². The summed E-state index contributed by atoms with van der Waals surface area (Å²) in [6.45, 7) is 2.13. The van der Waals surface area contributed by atoms with E-state index in [-0.39, 0.29) is 5.91 Å². The van der Waals surface area contributed by atoms with Crippen LogP contribution >= 0.6 is 11.3 Å². The average molecular weight is 279 g/mol. The predicted molar refractivity (Wildman–Crippen MR) is 76.5 cm³/mol. The third kappa shape index (κ3) is 2.98. The number of aromatic nitrogens is 1. The number of hydrogen-bond donors (Lipinski definition) is 2. The Bertz CT molecular complexity index is 447. The van der Waals surface area contributed by atoms with Crippen molar-refractivity contribution in [2.45, 2.75) is 63.6 Å². The van der Waals surface area contributed by atoms with Crippen LogP contribution in [0.2, 0.25) is 0 Å². The van der Waals surface area contributed by atoms with Crippen LogP contribution in [-0.4, -0.2) is 29.0 Å². The van der Waals surface area contributed by atoms with Crippen molar-refractivity contribution in [3.63, 3.8) is 0 Å². The molecule has 1 aromatic heterocycles. The maximum absolute atomic E-state index is 12.2. The van der Waals surface area contributed by atoms with Crippen molar-refractivity contribution in [2.75, 3.05) is 0 Å². The van der Waals surface area contributed by atoms with Crippen molar-refractivity contribution >= 4 is 17.2 Å². The third-order valence-electron chi connectivity index (χ3n) is 4.05. The molecule has 1 aromatic rings. The summed E-state index contributed by atoms with van der Waals surface area (Å²) in [5.41, 5.74) is 0. The second kappa shape index (κ2) is 5.59. The number of nitrogens with zero attached hydrogens (tertiary/aromatic N) is 1. The van der Waals surface area contributed by atoms with E-state index >= 15 is 0 Å². The minimum Gasteiger partial charge on any atom is -0.348 e. The average Bonchev–Trinajstić information content (AvgIpc) is 2.97. The van der Waals surface area contributed by atoms with Gasteiger partial charge in [0.25, 0.3) is 5.91 Å². The summed E-state index contributed by atoms with van der Waals surface area (Å²) in [7, 11) is 0. The fourth-order valence-electron chi connectivity index (χ4n) is 3.18. The molecule has 0 aromatic carbocycles. The molecule has 2 N–H and O–H groups in total. The number of carbonyl (C=O) groups is 1. The van der Waals surface area contributed by atoms with Crippen LogP contribution < -0.4 is 10.6 Å². The Kier molecular flexibility index (Phi) is 3.84. The maximum Gasteiger partial charge on any atom is 0.263 e. The molecular formula is C14H21N3OS. The Morgan fingerprint density at radius 3 is 2.89 bits per heavy atom. The van der Waals surface area contributed by atoms with Gasteiger partial charge in [-0.05, 0) is 38.5 Å². The van der Waals surface area contributed by atoms with Gasteiger partial charge in [0.2, 0.25) is 0 Å². The number of nitrogens with one attached hydrogen (secondary N) is 2. The maximum atomic E-state index is 12.2. The van der Waals surface area contributed by atoms with Crippen LogP contribution in [0.15, 0.2) is 6.20 Å². The summed E-state index contributed by atoms with van der Waals surface area (Å²) in [6.07, 6.45) is 8.44. The van der Waals surface area contributed by atoms with Gasteiger partial charge in [-0.1, -0.05) is 6.92 Å². The van der Waals surface area contributed by atoms with Gasteiger partial charge >= 0.3 is 0 Å². The number of piperidine rings is 1. The Morgan fingerprint density at radius 1 is 1.47 bits per heavy atom. The van der Waals surface area contributed by atoms with E-state index in [4.69, 9.17) is 0 Å². The highest BCUT2D eigenvalue weighted by Crippen LogP contribution is 2.27. The van der Waals surface area contributed by atoms with Crippen LogP contribution in [0.3, 0.4) is 0 Å². The smallest absolute Gasteiger partial charge is 0.263 e. The summed E-state index contributed by atoms with van der Waals surface area (Å²) in [4.78, 5) is 17.3. The van der Waals surface area contributed by atoms with Gasteiger partial charge in [-0.3, -0.25) is 4.79 Å². The first-order valence-electron chi connectivity index (χ1n) is 7.26. The minimum atomic E-state index is 0.0613. The van der Waals surface area contributed by atoms with Crippen molar-refractivity contribution in [3.8, 4) is 0 Å². The number of rotatable bonds is 4. The number of fused-ring (bicyclic) bond motifs is 2. The number of thiazole rings is 1. The van der Waals surface area contributed by atoms with Crippen molar-refractivity contribution < 1.29 is 4.79 Å². The number of aryl methyl sites for hydroxylation is 1. The van der Waals surface area contributed by atoms with E-state index < -0.39 is 0 Å². The van der Waals surface area contributed by atoms with Gasteiger partial charge in [-0.25, -0.2) is 4.98 Å². The zero-order valence-corrected chi connectivity index (χ0v) is 12.1. The molecule has 2 aliphatic heterocycles. The van der Waals surface area contributed by atoms with E-state index in [0.717, 1.165) is 35.6 Å². The summed E-state index contributed by atoms with van der Waals surface area (Å²) >= 11 is 1.53. The molecule has 2 aliphatic rings. The Labute approximate surface area is 118 Å². The highest BCUT2D eigenvalue weighted by atomic mass is 32.1. The molecule has 104 valence electrons. The standard InChI is InChI=1S/C14H21N3OS/c1-2-3-13-15-8-12(19-13)14(18)17-11-6-9-4-5-10(7-11)16-9/h8-11,16H,2-7H2,1H3,(H,17,18). The lowest BCUT2D eigenvalue weighted by atomic mass is 10.00. The highest BCUT2D eigenvalue weighted by molar-refractivity contribution is 7.13. The monoisotopic (exact) mass is 279 g/mol. The van der Waals surface area contributed by atoms with Crippen LogP contribution in [0, 0.1) is 0 Å². The molecule has 19 heavy (non-hydrogen) atoms. The van der Waals surface area contributed by atoms with E-state index in [2.05, 4.69) is 22.5 Å². The molecule has 0 radical (unpaired) electrons. The quantitative estimate of drug-likeness (QED) is 0.887. The Morgan fingerprint density at radius 2 is 2.21 bits per heavy atom. The van der Waals surface area contributed by atoms with Crippen LogP contribution in [0.4, 0.5) is 0 Å². The zero-order chi connectivity index (χ0) is 13.2. The normalized spacial score (nSPS) is 29.4. The van der Waals surface area contributed by atoms with Gasteiger partial charge in [0.1, 0.15) is 4.88 Å². The summed E-state index contributed by atoms with van der Waals surface area (Å²) in [5, 5.41) is 7.84. The van der Waals surface area contributed by atoms with Gasteiger partial charge < -0.3 is 10.6 Å². The number of hydrogen-bond acceptors (Lipinski definition) is 4. The largest absolute Gasteiger partial charge is 0.348 e. The summed E-state index contributed by atoms with van der Waals surface area (Å²) in [5.74, 6) is 0.0613. The van der Waals surface area contributed by atoms with Gasteiger partial charge in [-0.15, -0.1) is 11.3 Å². The second-order valence-corrected chi connectivity index (χ2v) is 6.76. The lowest BCUT2D eigenvalue weighted by molar-refractivity contribution is 0.0928. The lowest BCUT2D eigenvalue weighted by Gasteiger charge is -2.29. The van der Waals surface area contributed by atoms with Crippen molar-refractivity contribution in [1.29, 1.82) is 0 Å². The van der Waals surface area contributed by atoms with Crippen molar-refractivity contribution in [2.24, 2.45) is 0 Å². The molecular weight excluding hydrogens is 258 g/mol.